The van der Waals surface area contributed by atoms with Gasteiger partial charge in [-0.15, -0.1) is 0 Å². The Morgan fingerprint density at radius 3 is 2.46 bits per heavy atom. The molecule has 0 spiro atoms. The fraction of sp³-hybridized carbons (Fsp3) is 0.590. The van der Waals surface area contributed by atoms with E-state index in [4.69, 9.17) is 37.9 Å². The molecule has 0 aromatic heterocycles. The number of ether oxygens (including phenoxy) is 8. The number of cyclic esters (lactones) is 1. The third-order valence-corrected chi connectivity index (χ3v) is 9.16. The number of fused-ring (bicyclic) bond motifs is 4. The summed E-state index contributed by atoms with van der Waals surface area (Å²) in [5, 5.41) is 32.7. The summed E-state index contributed by atoms with van der Waals surface area (Å²) in [7, 11) is 1.17. The Kier molecular flexibility index (Phi) is 16.8. The van der Waals surface area contributed by atoms with Gasteiger partial charge in [0.15, 0.2) is 12.4 Å². The molecule has 0 aliphatic carbocycles. The maximum absolute atomic E-state index is 12.8. The van der Waals surface area contributed by atoms with E-state index in [-0.39, 0.29) is 57.5 Å². The Morgan fingerprint density at radius 1 is 1.00 bits per heavy atom. The number of benzene rings is 1. The van der Waals surface area contributed by atoms with E-state index in [9.17, 15) is 34.5 Å². The van der Waals surface area contributed by atoms with Gasteiger partial charge < -0.3 is 53.2 Å². The highest BCUT2D eigenvalue weighted by Crippen LogP contribution is 2.41. The molecular formula is C39H52O15. The molecule has 2 fully saturated rings. The van der Waals surface area contributed by atoms with Crippen molar-refractivity contribution in [2.75, 3.05) is 33.5 Å². The van der Waals surface area contributed by atoms with Gasteiger partial charge in [0.1, 0.15) is 12.7 Å². The number of aliphatic hydroxyl groups excluding tert-OH is 2. The minimum atomic E-state index is -2.29. The zero-order valence-corrected chi connectivity index (χ0v) is 30.9. The van der Waals surface area contributed by atoms with Crippen LogP contribution in [-0.2, 0) is 57.1 Å². The van der Waals surface area contributed by atoms with Gasteiger partial charge in [0.25, 0.3) is 0 Å². The zero-order chi connectivity index (χ0) is 39.1. The summed E-state index contributed by atoms with van der Waals surface area (Å²) in [4.78, 5) is 50.2. The van der Waals surface area contributed by atoms with Crippen molar-refractivity contribution in [3.05, 3.63) is 65.8 Å². The molecule has 15 nitrogen and oxygen atoms in total. The van der Waals surface area contributed by atoms with E-state index >= 15 is 0 Å². The first kappa shape index (κ1) is 42.8. The van der Waals surface area contributed by atoms with Crippen LogP contribution in [0, 0.1) is 5.92 Å². The van der Waals surface area contributed by atoms with Crippen molar-refractivity contribution in [3.63, 3.8) is 0 Å². The Labute approximate surface area is 314 Å². The lowest BCUT2D eigenvalue weighted by Gasteiger charge is -2.46. The smallest absolute Gasteiger partial charge is 0.330 e. The summed E-state index contributed by atoms with van der Waals surface area (Å²) in [6, 6.07) is 9.59. The summed E-state index contributed by atoms with van der Waals surface area (Å²) >= 11 is 0. The van der Waals surface area contributed by atoms with Crippen molar-refractivity contribution in [1.82, 2.24) is 0 Å². The fourth-order valence-corrected chi connectivity index (χ4v) is 6.43. The first-order valence-electron chi connectivity index (χ1n) is 18.2. The fourth-order valence-electron chi connectivity index (χ4n) is 6.43. The van der Waals surface area contributed by atoms with Crippen LogP contribution in [0.5, 0.6) is 0 Å². The molecule has 0 saturated carbocycles. The minimum Gasteiger partial charge on any atom is -0.466 e. The molecule has 3 heterocycles. The summed E-state index contributed by atoms with van der Waals surface area (Å²) in [6.07, 6.45) is 1.51. The normalized spacial score (nSPS) is 32.9. The van der Waals surface area contributed by atoms with Crippen LogP contribution >= 0.6 is 0 Å². The van der Waals surface area contributed by atoms with E-state index < -0.39 is 85.1 Å². The molecule has 0 radical (unpaired) electrons. The molecule has 2 saturated heterocycles. The molecule has 9 atom stereocenters. The standard InChI is InChI=1S/C39H52O15/c1-25-11-12-37-52-30(21-31(53-37)23-35(44)49-15-7-10-27-8-5-4-6-9-27)14-17-48-16-13-29(42)20-36(45)51-33(24-40)22-32-18-28(19-34(43)47-3)38(50-26(2)41)39(25,46)54-32/h4-12,19,25,29-33,37-38,40,42,46H,13-18,20-24H2,1-3H3/b10-7+,12-11+,28-19+/t25-,29+,30+,31+,32?,33+,37+,38-,39-/m0/s1. The third kappa shape index (κ3) is 13.4. The first-order valence-corrected chi connectivity index (χ1v) is 18.2. The second kappa shape index (κ2) is 21.2. The maximum Gasteiger partial charge on any atom is 0.330 e. The molecule has 4 bridgehead atoms. The van der Waals surface area contributed by atoms with Gasteiger partial charge in [0, 0.05) is 45.0 Å². The Hall–Kier alpha value is -3.96. The van der Waals surface area contributed by atoms with Crippen molar-refractivity contribution in [3.8, 4) is 0 Å². The molecule has 298 valence electrons. The van der Waals surface area contributed by atoms with E-state index in [1.165, 1.54) is 7.11 Å². The van der Waals surface area contributed by atoms with Gasteiger partial charge in [0.05, 0.1) is 51.0 Å². The number of methoxy groups -OCH3 is 1. The van der Waals surface area contributed by atoms with E-state index in [0.29, 0.717) is 12.8 Å². The highest BCUT2D eigenvalue weighted by Gasteiger charge is 2.52. The van der Waals surface area contributed by atoms with Crippen LogP contribution in [0.2, 0.25) is 0 Å². The quantitative estimate of drug-likeness (QED) is 0.151. The van der Waals surface area contributed by atoms with Gasteiger partial charge >= 0.3 is 23.9 Å². The van der Waals surface area contributed by atoms with Crippen LogP contribution < -0.4 is 0 Å². The molecule has 0 amide bonds. The highest BCUT2D eigenvalue weighted by atomic mass is 16.7. The molecule has 4 rings (SSSR count). The molecule has 1 aromatic rings. The number of rotatable bonds is 8. The predicted octanol–water partition coefficient (Wildman–Crippen LogP) is 2.69. The second-order valence-corrected chi connectivity index (χ2v) is 13.5. The Morgan fingerprint density at radius 2 is 1.74 bits per heavy atom. The average molecular weight is 761 g/mol. The third-order valence-electron chi connectivity index (χ3n) is 9.16. The van der Waals surface area contributed by atoms with E-state index in [2.05, 4.69) is 0 Å². The summed E-state index contributed by atoms with van der Waals surface area (Å²) in [5.74, 6) is -6.01. The summed E-state index contributed by atoms with van der Waals surface area (Å²) in [6.45, 7) is 2.62. The molecule has 1 unspecified atom stereocenters. The van der Waals surface area contributed by atoms with Gasteiger partial charge in [0.2, 0.25) is 5.79 Å². The largest absolute Gasteiger partial charge is 0.466 e. The van der Waals surface area contributed by atoms with Crippen LogP contribution in [0.1, 0.15) is 64.4 Å². The monoisotopic (exact) mass is 760 g/mol. The minimum absolute atomic E-state index is 0.0565. The topological polar surface area (TPSA) is 203 Å². The maximum atomic E-state index is 12.8. The lowest BCUT2D eigenvalue weighted by molar-refractivity contribution is -0.306. The summed E-state index contributed by atoms with van der Waals surface area (Å²) in [5.41, 5.74) is 1.14. The van der Waals surface area contributed by atoms with Crippen molar-refractivity contribution in [2.24, 2.45) is 5.92 Å². The molecule has 3 aliphatic heterocycles. The first-order chi connectivity index (χ1) is 25.9. The number of esters is 4. The van der Waals surface area contributed by atoms with E-state index in [1.807, 2.05) is 36.4 Å². The van der Waals surface area contributed by atoms with Crippen LogP contribution in [0.4, 0.5) is 0 Å². The van der Waals surface area contributed by atoms with Crippen molar-refractivity contribution in [1.29, 1.82) is 0 Å². The van der Waals surface area contributed by atoms with Crippen LogP contribution in [0.3, 0.4) is 0 Å². The number of hydrogen-bond acceptors (Lipinski definition) is 15. The van der Waals surface area contributed by atoms with Crippen LogP contribution in [-0.4, -0.2) is 121 Å². The SMILES string of the molecule is COC(=O)/C=C1\CC2C[C@H](CO)OC(=O)C[C@H](O)CCOCC[C@@H]3C[C@H](CC(=O)OC/C=C/c4ccccc4)O[C@H](/C=C/[C@H](C)[C@](O)(O2)[C@H]1OC(C)=O)O3. The average Bonchev–Trinajstić information content (AvgIpc) is 3.13. The van der Waals surface area contributed by atoms with Crippen molar-refractivity contribution >= 4 is 30.0 Å². The molecular weight excluding hydrogens is 708 g/mol. The number of aliphatic hydroxyl groups is 3. The number of carbonyl (C=O) groups excluding carboxylic acids is 4. The summed E-state index contributed by atoms with van der Waals surface area (Å²) < 4.78 is 45.4. The van der Waals surface area contributed by atoms with Gasteiger partial charge in [-0.3, -0.25) is 14.4 Å². The zero-order valence-electron chi connectivity index (χ0n) is 30.9. The van der Waals surface area contributed by atoms with Crippen LogP contribution in [0.15, 0.2) is 60.2 Å². The molecule has 1 aromatic carbocycles. The Balaban J connectivity index is 1.58. The van der Waals surface area contributed by atoms with E-state index in [0.717, 1.165) is 18.6 Å². The number of carbonyl (C=O) groups is 4. The Bertz CT molecular complexity index is 1480. The molecule has 54 heavy (non-hydrogen) atoms. The molecule has 3 aliphatic rings. The molecule has 15 heteroatoms. The van der Waals surface area contributed by atoms with Gasteiger partial charge in [-0.2, -0.15) is 0 Å². The van der Waals surface area contributed by atoms with E-state index in [1.54, 1.807) is 25.2 Å². The lowest BCUT2D eigenvalue weighted by atomic mass is 9.83. The molecule has 3 N–H and O–H groups in total. The highest BCUT2D eigenvalue weighted by molar-refractivity contribution is 5.83. The van der Waals surface area contributed by atoms with Crippen LogP contribution in [0.25, 0.3) is 6.08 Å². The predicted molar refractivity (Wildman–Crippen MR) is 190 cm³/mol. The second-order valence-electron chi connectivity index (χ2n) is 13.5. The van der Waals surface area contributed by atoms with Crippen molar-refractivity contribution in [2.45, 2.75) is 107 Å². The number of hydrogen-bond donors (Lipinski definition) is 3. The van der Waals surface area contributed by atoms with Crippen molar-refractivity contribution < 1.29 is 72.4 Å². The van der Waals surface area contributed by atoms with Gasteiger partial charge in [-0.05, 0) is 42.6 Å². The van der Waals surface area contributed by atoms with Gasteiger partial charge in [-0.1, -0.05) is 49.4 Å². The lowest BCUT2D eigenvalue weighted by Crippen LogP contribution is -2.58. The van der Waals surface area contributed by atoms with Gasteiger partial charge in [-0.25, -0.2) is 4.79 Å².